The molecule has 1 heterocycles. The topological polar surface area (TPSA) is 77.2 Å². The third-order valence-corrected chi connectivity index (χ3v) is 4.54. The minimum absolute atomic E-state index is 0.245. The predicted octanol–water partition coefficient (Wildman–Crippen LogP) is 3.35. The van der Waals surface area contributed by atoms with Crippen LogP contribution in [-0.2, 0) is 7.05 Å². The molecule has 0 aliphatic rings. The van der Waals surface area contributed by atoms with Gasteiger partial charge in [0, 0.05) is 18.4 Å². The molecule has 7 heteroatoms. The Hall–Kier alpha value is -2.80. The highest BCUT2D eigenvalue weighted by atomic mass is 32.2. The van der Waals surface area contributed by atoms with Crippen molar-refractivity contribution in [2.24, 2.45) is 7.05 Å². The van der Waals surface area contributed by atoms with Crippen LogP contribution in [0, 0.1) is 0 Å². The van der Waals surface area contributed by atoms with Gasteiger partial charge in [0.25, 0.3) is 0 Å². The Bertz CT molecular complexity index is 848. The van der Waals surface area contributed by atoms with Gasteiger partial charge in [0.1, 0.15) is 5.75 Å². The van der Waals surface area contributed by atoms with E-state index in [1.54, 1.807) is 23.9 Å². The number of benzene rings is 2. The first-order valence-electron chi connectivity index (χ1n) is 7.69. The predicted molar refractivity (Wildman–Crippen MR) is 96.1 cm³/mol. The van der Waals surface area contributed by atoms with Crippen molar-refractivity contribution in [2.75, 3.05) is 12.4 Å². The molecule has 0 saturated heterocycles. The van der Waals surface area contributed by atoms with Gasteiger partial charge in [-0.05, 0) is 24.3 Å². The van der Waals surface area contributed by atoms with Crippen LogP contribution in [0.5, 0.6) is 5.75 Å². The molecule has 0 radical (unpaired) electrons. The molecular formula is C18H17N3O3S. The SMILES string of the molecule is Cn1c(SCCOc2ccc(C(=O)O)cc2)nnc1-c1ccccc1. The Morgan fingerprint density at radius 2 is 1.84 bits per heavy atom. The summed E-state index contributed by atoms with van der Waals surface area (Å²) < 4.78 is 7.58. The van der Waals surface area contributed by atoms with Crippen molar-refractivity contribution < 1.29 is 14.6 Å². The van der Waals surface area contributed by atoms with E-state index >= 15 is 0 Å². The lowest BCUT2D eigenvalue weighted by atomic mass is 10.2. The molecule has 3 aromatic rings. The maximum absolute atomic E-state index is 10.8. The summed E-state index contributed by atoms with van der Waals surface area (Å²) in [5.74, 6) is 1.24. The molecule has 128 valence electrons. The zero-order valence-corrected chi connectivity index (χ0v) is 14.4. The molecule has 2 aromatic carbocycles. The van der Waals surface area contributed by atoms with Crippen molar-refractivity contribution in [2.45, 2.75) is 5.16 Å². The second-order valence-electron chi connectivity index (χ2n) is 5.26. The lowest BCUT2D eigenvalue weighted by Crippen LogP contribution is -2.02. The van der Waals surface area contributed by atoms with E-state index in [4.69, 9.17) is 9.84 Å². The molecule has 1 N–H and O–H groups in total. The summed E-state index contributed by atoms with van der Waals surface area (Å²) in [6.45, 7) is 0.491. The summed E-state index contributed by atoms with van der Waals surface area (Å²) in [6.07, 6.45) is 0. The van der Waals surface area contributed by atoms with Gasteiger partial charge in [-0.1, -0.05) is 42.1 Å². The van der Waals surface area contributed by atoms with Crippen molar-refractivity contribution in [3.05, 3.63) is 60.2 Å². The number of hydrogen-bond donors (Lipinski definition) is 1. The summed E-state index contributed by atoms with van der Waals surface area (Å²) >= 11 is 1.56. The van der Waals surface area contributed by atoms with E-state index in [1.807, 2.05) is 41.9 Å². The average Bonchev–Trinajstić information content (AvgIpc) is 3.00. The monoisotopic (exact) mass is 355 g/mol. The summed E-state index contributed by atoms with van der Waals surface area (Å²) in [6, 6.07) is 16.3. The fourth-order valence-corrected chi connectivity index (χ4v) is 2.99. The number of aromatic nitrogens is 3. The van der Waals surface area contributed by atoms with Gasteiger partial charge in [-0.2, -0.15) is 0 Å². The van der Waals surface area contributed by atoms with Crippen LogP contribution in [0.4, 0.5) is 0 Å². The number of aromatic carboxylic acids is 1. The fourth-order valence-electron chi connectivity index (χ4n) is 2.27. The Labute approximate surface area is 149 Å². The van der Waals surface area contributed by atoms with Crippen LogP contribution in [0.15, 0.2) is 59.8 Å². The number of hydrogen-bond acceptors (Lipinski definition) is 5. The van der Waals surface area contributed by atoms with Gasteiger partial charge in [0.05, 0.1) is 12.2 Å². The van der Waals surface area contributed by atoms with Crippen LogP contribution < -0.4 is 4.74 Å². The molecule has 0 amide bonds. The maximum atomic E-state index is 10.8. The minimum Gasteiger partial charge on any atom is -0.493 e. The fraction of sp³-hybridized carbons (Fsp3) is 0.167. The normalized spacial score (nSPS) is 10.6. The molecule has 0 bridgehead atoms. The highest BCUT2D eigenvalue weighted by Gasteiger charge is 2.10. The number of carboxylic acid groups (broad SMARTS) is 1. The molecule has 0 saturated carbocycles. The van der Waals surface area contributed by atoms with Crippen LogP contribution in [-0.4, -0.2) is 38.2 Å². The third kappa shape index (κ3) is 4.19. The third-order valence-electron chi connectivity index (χ3n) is 3.55. The smallest absolute Gasteiger partial charge is 0.335 e. The molecule has 3 rings (SSSR count). The Balaban J connectivity index is 1.53. The van der Waals surface area contributed by atoms with Gasteiger partial charge in [-0.25, -0.2) is 4.79 Å². The first-order chi connectivity index (χ1) is 12.1. The minimum atomic E-state index is -0.946. The zero-order chi connectivity index (χ0) is 17.6. The van der Waals surface area contributed by atoms with E-state index < -0.39 is 5.97 Å². The molecule has 6 nitrogen and oxygen atoms in total. The molecule has 0 unspecified atom stereocenters. The van der Waals surface area contributed by atoms with Crippen molar-refractivity contribution in [3.8, 4) is 17.1 Å². The molecule has 1 aromatic heterocycles. The zero-order valence-electron chi connectivity index (χ0n) is 13.6. The molecule has 25 heavy (non-hydrogen) atoms. The number of carbonyl (C=O) groups is 1. The molecule has 0 fully saturated rings. The van der Waals surface area contributed by atoms with E-state index in [1.165, 1.54) is 12.1 Å². The number of nitrogens with zero attached hydrogens (tertiary/aromatic N) is 3. The lowest BCUT2D eigenvalue weighted by Gasteiger charge is -2.06. The number of rotatable bonds is 7. The average molecular weight is 355 g/mol. The van der Waals surface area contributed by atoms with E-state index in [2.05, 4.69) is 10.2 Å². The molecule has 0 spiro atoms. The van der Waals surface area contributed by atoms with Crippen LogP contribution in [0.2, 0.25) is 0 Å². The van der Waals surface area contributed by atoms with Crippen molar-refractivity contribution in [1.29, 1.82) is 0 Å². The van der Waals surface area contributed by atoms with Crippen molar-refractivity contribution in [3.63, 3.8) is 0 Å². The van der Waals surface area contributed by atoms with Crippen molar-refractivity contribution in [1.82, 2.24) is 14.8 Å². The summed E-state index contributed by atoms with van der Waals surface area (Å²) in [7, 11) is 1.94. The second kappa shape index (κ2) is 7.85. The Morgan fingerprint density at radius 1 is 1.12 bits per heavy atom. The molecule has 0 atom stereocenters. The second-order valence-corrected chi connectivity index (χ2v) is 6.32. The highest BCUT2D eigenvalue weighted by Crippen LogP contribution is 2.22. The van der Waals surface area contributed by atoms with Gasteiger partial charge in [0.2, 0.25) is 0 Å². The van der Waals surface area contributed by atoms with E-state index in [0.717, 1.165) is 16.5 Å². The first kappa shape index (κ1) is 17.0. The summed E-state index contributed by atoms with van der Waals surface area (Å²) in [5.41, 5.74) is 1.27. The van der Waals surface area contributed by atoms with Gasteiger partial charge in [-0.3, -0.25) is 0 Å². The van der Waals surface area contributed by atoms with Gasteiger partial charge >= 0.3 is 5.97 Å². The molecular weight excluding hydrogens is 338 g/mol. The van der Waals surface area contributed by atoms with Crippen LogP contribution in [0.3, 0.4) is 0 Å². The van der Waals surface area contributed by atoms with E-state index in [0.29, 0.717) is 18.1 Å². The number of carboxylic acids is 1. The van der Waals surface area contributed by atoms with Gasteiger partial charge in [-0.15, -0.1) is 10.2 Å². The van der Waals surface area contributed by atoms with Crippen LogP contribution in [0.25, 0.3) is 11.4 Å². The number of thioether (sulfide) groups is 1. The standard InChI is InChI=1S/C18H17N3O3S/c1-21-16(13-5-3-2-4-6-13)19-20-18(21)25-12-11-24-15-9-7-14(8-10-15)17(22)23/h2-10H,11-12H2,1H3,(H,22,23). The van der Waals surface area contributed by atoms with Crippen molar-refractivity contribution >= 4 is 17.7 Å². The maximum Gasteiger partial charge on any atom is 0.335 e. The quantitative estimate of drug-likeness (QED) is 0.517. The lowest BCUT2D eigenvalue weighted by molar-refractivity contribution is 0.0697. The van der Waals surface area contributed by atoms with Crippen LogP contribution in [0.1, 0.15) is 10.4 Å². The Morgan fingerprint density at radius 3 is 2.52 bits per heavy atom. The summed E-state index contributed by atoms with van der Waals surface area (Å²) in [5, 5.41) is 18.2. The number of ether oxygens (including phenoxy) is 1. The van der Waals surface area contributed by atoms with E-state index in [9.17, 15) is 4.79 Å². The van der Waals surface area contributed by atoms with Gasteiger partial charge < -0.3 is 14.4 Å². The largest absolute Gasteiger partial charge is 0.493 e. The highest BCUT2D eigenvalue weighted by molar-refractivity contribution is 7.99. The summed E-state index contributed by atoms with van der Waals surface area (Å²) in [4.78, 5) is 10.8. The van der Waals surface area contributed by atoms with E-state index in [-0.39, 0.29) is 5.56 Å². The Kier molecular flexibility index (Phi) is 5.35. The van der Waals surface area contributed by atoms with Crippen LogP contribution >= 0.6 is 11.8 Å². The first-order valence-corrected chi connectivity index (χ1v) is 8.67. The molecule has 0 aliphatic heterocycles. The van der Waals surface area contributed by atoms with Gasteiger partial charge in [0.15, 0.2) is 11.0 Å². The molecule has 0 aliphatic carbocycles.